The zero-order valence-electron chi connectivity index (χ0n) is 9.30. The maximum Gasteiger partial charge on any atom is 0.130 e. The van der Waals surface area contributed by atoms with E-state index < -0.39 is 0 Å². The van der Waals surface area contributed by atoms with Crippen molar-refractivity contribution in [3.63, 3.8) is 0 Å². The lowest BCUT2D eigenvalue weighted by Crippen LogP contribution is -2.40. The molecular weight excluding hydrogens is 203 g/mol. The van der Waals surface area contributed by atoms with E-state index in [9.17, 15) is 4.39 Å². The van der Waals surface area contributed by atoms with Crippen LogP contribution in [0.5, 0.6) is 0 Å². The van der Waals surface area contributed by atoms with Gasteiger partial charge in [0.25, 0.3) is 0 Å². The summed E-state index contributed by atoms with van der Waals surface area (Å²) in [5.74, 6) is -0.0819. The largest absolute Gasteiger partial charge is 0.385 e. The third-order valence-electron chi connectivity index (χ3n) is 3.69. The number of benzene rings is 1. The first-order chi connectivity index (χ1) is 7.84. The summed E-state index contributed by atoms with van der Waals surface area (Å²) in [6.07, 6.45) is 4.78. The quantitative estimate of drug-likeness (QED) is 0.800. The molecule has 0 aromatic heterocycles. The fourth-order valence-electron chi connectivity index (χ4n) is 2.57. The van der Waals surface area contributed by atoms with Gasteiger partial charge in [0, 0.05) is 29.9 Å². The number of hydrogen-bond acceptors (Lipinski definition) is 2. The Bertz CT molecular complexity index is 388. The Morgan fingerprint density at radius 2 is 2.12 bits per heavy atom. The molecule has 2 N–H and O–H groups in total. The summed E-state index contributed by atoms with van der Waals surface area (Å²) in [5.41, 5.74) is 1.80. The molecule has 1 aliphatic carbocycles. The maximum absolute atomic E-state index is 13.8. The van der Waals surface area contributed by atoms with Gasteiger partial charge in [0.1, 0.15) is 5.82 Å². The SMILES string of the molecule is Fc1cccc2c1C(NC1CCC1)CCN2. The van der Waals surface area contributed by atoms with E-state index in [0.717, 1.165) is 24.2 Å². The van der Waals surface area contributed by atoms with E-state index >= 15 is 0 Å². The van der Waals surface area contributed by atoms with Crippen molar-refractivity contribution in [2.45, 2.75) is 37.8 Å². The highest BCUT2D eigenvalue weighted by Crippen LogP contribution is 2.33. The second kappa shape index (κ2) is 4.06. The van der Waals surface area contributed by atoms with Crippen molar-refractivity contribution in [1.82, 2.24) is 5.32 Å². The minimum Gasteiger partial charge on any atom is -0.385 e. The third kappa shape index (κ3) is 1.69. The number of rotatable bonds is 2. The van der Waals surface area contributed by atoms with Crippen LogP contribution in [0, 0.1) is 5.82 Å². The molecule has 2 nitrogen and oxygen atoms in total. The molecule has 1 unspecified atom stereocenters. The molecule has 0 bridgehead atoms. The van der Waals surface area contributed by atoms with E-state index in [1.54, 1.807) is 12.1 Å². The first-order valence-electron chi connectivity index (χ1n) is 6.13. The Morgan fingerprint density at radius 1 is 1.25 bits per heavy atom. The van der Waals surface area contributed by atoms with Gasteiger partial charge < -0.3 is 10.6 Å². The molecule has 1 heterocycles. The van der Waals surface area contributed by atoms with Gasteiger partial charge in [-0.3, -0.25) is 0 Å². The number of hydrogen-bond donors (Lipinski definition) is 2. The van der Waals surface area contributed by atoms with E-state index in [4.69, 9.17) is 0 Å². The molecular formula is C13H17FN2. The fourth-order valence-corrected chi connectivity index (χ4v) is 2.57. The number of nitrogens with one attached hydrogen (secondary N) is 2. The van der Waals surface area contributed by atoms with Crippen molar-refractivity contribution in [2.75, 3.05) is 11.9 Å². The second-order valence-corrected chi connectivity index (χ2v) is 4.76. The molecule has 1 fully saturated rings. The molecule has 1 atom stereocenters. The van der Waals surface area contributed by atoms with Crippen LogP contribution in [0.1, 0.15) is 37.3 Å². The summed E-state index contributed by atoms with van der Waals surface area (Å²) < 4.78 is 13.8. The second-order valence-electron chi connectivity index (χ2n) is 4.76. The van der Waals surface area contributed by atoms with Crippen LogP contribution in [-0.4, -0.2) is 12.6 Å². The number of anilines is 1. The predicted molar refractivity (Wildman–Crippen MR) is 63.0 cm³/mol. The Morgan fingerprint density at radius 3 is 2.88 bits per heavy atom. The molecule has 0 spiro atoms. The first-order valence-corrected chi connectivity index (χ1v) is 6.13. The molecule has 3 rings (SSSR count). The van der Waals surface area contributed by atoms with Gasteiger partial charge in [-0.05, 0) is 31.4 Å². The minimum absolute atomic E-state index is 0.0819. The van der Waals surface area contributed by atoms with Gasteiger partial charge in [-0.2, -0.15) is 0 Å². The smallest absolute Gasteiger partial charge is 0.130 e. The Balaban J connectivity index is 1.86. The highest BCUT2D eigenvalue weighted by molar-refractivity contribution is 5.55. The topological polar surface area (TPSA) is 24.1 Å². The third-order valence-corrected chi connectivity index (χ3v) is 3.69. The van der Waals surface area contributed by atoms with Gasteiger partial charge >= 0.3 is 0 Å². The van der Waals surface area contributed by atoms with Gasteiger partial charge in [0.15, 0.2) is 0 Å². The molecule has 1 aliphatic heterocycles. The lowest BCUT2D eigenvalue weighted by molar-refractivity contribution is 0.295. The van der Waals surface area contributed by atoms with Crippen LogP contribution in [0.25, 0.3) is 0 Å². The molecule has 0 amide bonds. The van der Waals surface area contributed by atoms with Gasteiger partial charge in [-0.15, -0.1) is 0 Å². The Labute approximate surface area is 95.2 Å². The Hall–Kier alpha value is -1.09. The van der Waals surface area contributed by atoms with E-state index in [2.05, 4.69) is 10.6 Å². The summed E-state index contributed by atoms with van der Waals surface area (Å²) in [6, 6.07) is 6.10. The molecule has 86 valence electrons. The van der Waals surface area contributed by atoms with Gasteiger partial charge in [-0.1, -0.05) is 12.5 Å². The van der Waals surface area contributed by atoms with Crippen molar-refractivity contribution >= 4 is 5.69 Å². The molecule has 2 aliphatic rings. The summed E-state index contributed by atoms with van der Waals surface area (Å²) in [7, 11) is 0. The monoisotopic (exact) mass is 220 g/mol. The van der Waals surface area contributed by atoms with Crippen LogP contribution in [0.2, 0.25) is 0 Å². The zero-order valence-corrected chi connectivity index (χ0v) is 9.30. The number of fused-ring (bicyclic) bond motifs is 1. The van der Waals surface area contributed by atoms with Crippen molar-refractivity contribution in [3.8, 4) is 0 Å². The fraction of sp³-hybridized carbons (Fsp3) is 0.538. The van der Waals surface area contributed by atoms with Gasteiger partial charge in [-0.25, -0.2) is 4.39 Å². The van der Waals surface area contributed by atoms with Crippen molar-refractivity contribution in [1.29, 1.82) is 0 Å². The van der Waals surface area contributed by atoms with Gasteiger partial charge in [0.05, 0.1) is 0 Å². The van der Waals surface area contributed by atoms with E-state index in [1.165, 1.54) is 19.3 Å². The molecule has 0 radical (unpaired) electrons. The van der Waals surface area contributed by atoms with Crippen molar-refractivity contribution in [2.24, 2.45) is 0 Å². The summed E-state index contributed by atoms with van der Waals surface area (Å²) >= 11 is 0. The molecule has 1 aromatic rings. The lowest BCUT2D eigenvalue weighted by Gasteiger charge is -2.35. The molecule has 16 heavy (non-hydrogen) atoms. The summed E-state index contributed by atoms with van der Waals surface area (Å²) in [6.45, 7) is 0.931. The molecule has 3 heteroatoms. The van der Waals surface area contributed by atoms with Crippen LogP contribution in [0.15, 0.2) is 18.2 Å². The van der Waals surface area contributed by atoms with Crippen LogP contribution in [-0.2, 0) is 0 Å². The van der Waals surface area contributed by atoms with Crippen LogP contribution in [0.3, 0.4) is 0 Å². The molecule has 1 aromatic carbocycles. The summed E-state index contributed by atoms with van der Waals surface area (Å²) in [4.78, 5) is 0. The molecule has 0 saturated heterocycles. The van der Waals surface area contributed by atoms with E-state index in [0.29, 0.717) is 6.04 Å². The normalized spacial score (nSPS) is 24.4. The number of halogens is 1. The maximum atomic E-state index is 13.8. The van der Waals surface area contributed by atoms with Crippen LogP contribution < -0.4 is 10.6 Å². The standard InChI is InChI=1S/C13H17FN2/c14-10-5-2-6-11-13(10)12(7-8-15-11)16-9-3-1-4-9/h2,5-6,9,12,15-16H,1,3-4,7-8H2. The highest BCUT2D eigenvalue weighted by Gasteiger charge is 2.27. The van der Waals surface area contributed by atoms with Crippen LogP contribution >= 0.6 is 0 Å². The lowest BCUT2D eigenvalue weighted by atomic mass is 9.89. The van der Waals surface area contributed by atoms with Crippen LogP contribution in [0.4, 0.5) is 10.1 Å². The predicted octanol–water partition coefficient (Wildman–Crippen LogP) is 2.82. The zero-order chi connectivity index (χ0) is 11.0. The first kappa shape index (κ1) is 10.1. The van der Waals surface area contributed by atoms with E-state index in [1.807, 2.05) is 6.07 Å². The van der Waals surface area contributed by atoms with Crippen molar-refractivity contribution < 1.29 is 4.39 Å². The molecule has 1 saturated carbocycles. The average Bonchev–Trinajstić information content (AvgIpc) is 2.24. The van der Waals surface area contributed by atoms with Crippen molar-refractivity contribution in [3.05, 3.63) is 29.6 Å². The Kier molecular flexibility index (Phi) is 2.56. The highest BCUT2D eigenvalue weighted by atomic mass is 19.1. The van der Waals surface area contributed by atoms with Gasteiger partial charge in [0.2, 0.25) is 0 Å². The van der Waals surface area contributed by atoms with E-state index in [-0.39, 0.29) is 11.9 Å². The average molecular weight is 220 g/mol. The summed E-state index contributed by atoms with van der Waals surface area (Å²) in [5, 5.41) is 6.84. The minimum atomic E-state index is -0.0819.